The van der Waals surface area contributed by atoms with Crippen LogP contribution in [0.2, 0.25) is 0 Å². The number of hydrogen-bond acceptors (Lipinski definition) is 3. The van der Waals surface area contributed by atoms with E-state index >= 15 is 0 Å². The summed E-state index contributed by atoms with van der Waals surface area (Å²) in [5.74, 6) is 1.06. The third kappa shape index (κ3) is 3.26. The molecule has 108 valence electrons. The highest BCUT2D eigenvalue weighted by Crippen LogP contribution is 2.17. The molecule has 0 saturated heterocycles. The number of para-hydroxylation sites is 2. The fourth-order valence-electron chi connectivity index (χ4n) is 2.48. The van der Waals surface area contributed by atoms with Crippen molar-refractivity contribution in [2.45, 2.75) is 26.4 Å². The molecule has 0 radical (unpaired) electrons. The van der Waals surface area contributed by atoms with E-state index in [9.17, 15) is 0 Å². The van der Waals surface area contributed by atoms with E-state index in [0.29, 0.717) is 6.54 Å². The van der Waals surface area contributed by atoms with Gasteiger partial charge in [0.1, 0.15) is 5.82 Å². The smallest absolute Gasteiger partial charge is 0.124 e. The van der Waals surface area contributed by atoms with Gasteiger partial charge >= 0.3 is 0 Å². The Hall–Kier alpha value is -1.65. The Labute approximate surface area is 120 Å². The van der Waals surface area contributed by atoms with Gasteiger partial charge in [-0.15, -0.1) is 6.58 Å². The molecule has 20 heavy (non-hydrogen) atoms. The highest BCUT2D eigenvalue weighted by atomic mass is 16.3. The SMILES string of the molecule is C=CCN(CCO)Cc1nc2ccccc2n1CCC. The van der Waals surface area contributed by atoms with E-state index in [2.05, 4.69) is 41.2 Å². The summed E-state index contributed by atoms with van der Waals surface area (Å²) in [6.45, 7) is 9.21. The molecule has 1 aromatic carbocycles. The first-order chi connectivity index (χ1) is 9.80. The summed E-state index contributed by atoms with van der Waals surface area (Å²) in [6, 6.07) is 8.24. The number of aryl methyl sites for hydroxylation is 1. The largest absolute Gasteiger partial charge is 0.395 e. The van der Waals surface area contributed by atoms with Gasteiger partial charge in [-0.2, -0.15) is 0 Å². The molecule has 2 rings (SSSR count). The van der Waals surface area contributed by atoms with Crippen molar-refractivity contribution in [1.82, 2.24) is 14.5 Å². The lowest BCUT2D eigenvalue weighted by Gasteiger charge is -2.19. The average Bonchev–Trinajstić information content (AvgIpc) is 2.78. The fraction of sp³-hybridized carbons (Fsp3) is 0.438. The summed E-state index contributed by atoms with van der Waals surface area (Å²) in [6.07, 6.45) is 2.94. The van der Waals surface area contributed by atoms with Gasteiger partial charge in [-0.1, -0.05) is 25.1 Å². The minimum atomic E-state index is 0.155. The van der Waals surface area contributed by atoms with Crippen LogP contribution >= 0.6 is 0 Å². The van der Waals surface area contributed by atoms with Gasteiger partial charge in [0, 0.05) is 19.6 Å². The predicted octanol–water partition coefficient (Wildman–Crippen LogP) is 2.43. The van der Waals surface area contributed by atoms with Gasteiger partial charge in [0.25, 0.3) is 0 Å². The molecule has 0 unspecified atom stereocenters. The van der Waals surface area contributed by atoms with E-state index in [0.717, 1.165) is 37.4 Å². The van der Waals surface area contributed by atoms with Crippen LogP contribution < -0.4 is 0 Å². The van der Waals surface area contributed by atoms with E-state index in [1.165, 1.54) is 5.52 Å². The highest BCUT2D eigenvalue weighted by molar-refractivity contribution is 5.75. The first-order valence-corrected chi connectivity index (χ1v) is 7.18. The molecule has 0 spiro atoms. The molecule has 0 bridgehead atoms. The summed E-state index contributed by atoms with van der Waals surface area (Å²) in [5.41, 5.74) is 2.23. The van der Waals surface area contributed by atoms with Crippen LogP contribution in [-0.2, 0) is 13.1 Å². The van der Waals surface area contributed by atoms with Crippen molar-refractivity contribution in [3.8, 4) is 0 Å². The van der Waals surface area contributed by atoms with Gasteiger partial charge in [-0.05, 0) is 18.6 Å². The van der Waals surface area contributed by atoms with Crippen LogP contribution in [-0.4, -0.2) is 39.3 Å². The highest BCUT2D eigenvalue weighted by Gasteiger charge is 2.12. The predicted molar refractivity (Wildman–Crippen MR) is 82.6 cm³/mol. The maximum absolute atomic E-state index is 9.15. The Kier molecular flexibility index (Phi) is 5.32. The first kappa shape index (κ1) is 14.8. The van der Waals surface area contributed by atoms with Gasteiger partial charge in [0.15, 0.2) is 0 Å². The summed E-state index contributed by atoms with van der Waals surface area (Å²) in [5, 5.41) is 9.15. The normalized spacial score (nSPS) is 11.3. The fourth-order valence-corrected chi connectivity index (χ4v) is 2.48. The number of hydrogen-bond donors (Lipinski definition) is 1. The van der Waals surface area contributed by atoms with Crippen molar-refractivity contribution in [2.75, 3.05) is 19.7 Å². The molecule has 0 saturated carbocycles. The Bertz CT molecular complexity index is 562. The Morgan fingerprint density at radius 2 is 2.20 bits per heavy atom. The molecule has 1 heterocycles. The van der Waals surface area contributed by atoms with Gasteiger partial charge in [-0.3, -0.25) is 4.90 Å². The molecule has 0 aliphatic rings. The average molecular weight is 273 g/mol. The molecule has 0 aliphatic carbocycles. The van der Waals surface area contributed by atoms with Gasteiger partial charge in [0.05, 0.1) is 24.2 Å². The van der Waals surface area contributed by atoms with Crippen molar-refractivity contribution in [1.29, 1.82) is 0 Å². The summed E-state index contributed by atoms with van der Waals surface area (Å²) < 4.78 is 2.28. The third-order valence-electron chi connectivity index (χ3n) is 3.35. The monoisotopic (exact) mass is 273 g/mol. The summed E-state index contributed by atoms with van der Waals surface area (Å²) in [7, 11) is 0. The lowest BCUT2D eigenvalue weighted by Crippen LogP contribution is -2.28. The molecular formula is C16H23N3O. The number of aromatic nitrogens is 2. The second-order valence-electron chi connectivity index (χ2n) is 4.92. The third-order valence-corrected chi connectivity index (χ3v) is 3.35. The lowest BCUT2D eigenvalue weighted by atomic mass is 10.3. The number of aliphatic hydroxyl groups excluding tert-OH is 1. The van der Waals surface area contributed by atoms with Crippen LogP contribution in [0.5, 0.6) is 0 Å². The zero-order chi connectivity index (χ0) is 14.4. The minimum Gasteiger partial charge on any atom is -0.395 e. The Morgan fingerprint density at radius 1 is 1.40 bits per heavy atom. The zero-order valence-electron chi connectivity index (χ0n) is 12.1. The van der Waals surface area contributed by atoms with Crippen molar-refractivity contribution in [3.63, 3.8) is 0 Å². The summed E-state index contributed by atoms with van der Waals surface area (Å²) in [4.78, 5) is 6.89. The number of imidazole rings is 1. The minimum absolute atomic E-state index is 0.155. The maximum Gasteiger partial charge on any atom is 0.124 e. The van der Waals surface area contributed by atoms with Crippen molar-refractivity contribution in [2.24, 2.45) is 0 Å². The van der Waals surface area contributed by atoms with E-state index in [4.69, 9.17) is 10.1 Å². The number of aliphatic hydroxyl groups is 1. The molecular weight excluding hydrogens is 250 g/mol. The molecule has 0 aliphatic heterocycles. The number of benzene rings is 1. The van der Waals surface area contributed by atoms with Crippen LogP contribution in [0.1, 0.15) is 19.2 Å². The number of rotatable bonds is 8. The van der Waals surface area contributed by atoms with Gasteiger partial charge < -0.3 is 9.67 Å². The molecule has 0 fully saturated rings. The molecule has 0 amide bonds. The molecule has 2 aromatic rings. The van der Waals surface area contributed by atoms with Crippen LogP contribution in [0.25, 0.3) is 11.0 Å². The van der Waals surface area contributed by atoms with Crippen molar-refractivity contribution >= 4 is 11.0 Å². The van der Waals surface area contributed by atoms with Crippen molar-refractivity contribution < 1.29 is 5.11 Å². The van der Waals surface area contributed by atoms with Crippen LogP contribution in [0.3, 0.4) is 0 Å². The van der Waals surface area contributed by atoms with Gasteiger partial charge in [-0.25, -0.2) is 4.98 Å². The Morgan fingerprint density at radius 3 is 2.90 bits per heavy atom. The van der Waals surface area contributed by atoms with E-state index in [1.807, 2.05) is 12.1 Å². The van der Waals surface area contributed by atoms with Crippen LogP contribution in [0, 0.1) is 0 Å². The maximum atomic E-state index is 9.15. The second kappa shape index (κ2) is 7.22. The van der Waals surface area contributed by atoms with Crippen molar-refractivity contribution in [3.05, 3.63) is 42.7 Å². The Balaban J connectivity index is 2.31. The number of fused-ring (bicyclic) bond motifs is 1. The zero-order valence-corrected chi connectivity index (χ0v) is 12.1. The quantitative estimate of drug-likeness (QED) is 0.751. The van der Waals surface area contributed by atoms with E-state index < -0.39 is 0 Å². The topological polar surface area (TPSA) is 41.3 Å². The molecule has 4 nitrogen and oxygen atoms in total. The first-order valence-electron chi connectivity index (χ1n) is 7.18. The van der Waals surface area contributed by atoms with E-state index in [1.54, 1.807) is 0 Å². The van der Waals surface area contributed by atoms with Crippen LogP contribution in [0.4, 0.5) is 0 Å². The van der Waals surface area contributed by atoms with Crippen LogP contribution in [0.15, 0.2) is 36.9 Å². The summed E-state index contributed by atoms with van der Waals surface area (Å²) >= 11 is 0. The van der Waals surface area contributed by atoms with E-state index in [-0.39, 0.29) is 6.61 Å². The second-order valence-corrected chi connectivity index (χ2v) is 4.92. The number of nitrogens with zero attached hydrogens (tertiary/aromatic N) is 3. The molecule has 0 atom stereocenters. The van der Waals surface area contributed by atoms with Gasteiger partial charge in [0.2, 0.25) is 0 Å². The molecule has 4 heteroatoms. The molecule has 1 N–H and O–H groups in total. The standard InChI is InChI=1S/C16H23N3O/c1-3-9-18(11-12-20)13-16-17-14-7-5-6-8-15(14)19(16)10-4-2/h3,5-8,20H,1,4,9-13H2,2H3. The molecule has 1 aromatic heterocycles. The lowest BCUT2D eigenvalue weighted by molar-refractivity contribution is 0.199.